The molecule has 9 fully saturated rings. The average molecular weight is 895 g/mol. The number of terminal acetylenes is 1. The Morgan fingerprint density at radius 1 is 0.500 bits per heavy atom. The standard InChI is InChI=1S/C21H32O.C21H30O.C21H28O/c3*1-4-14-6-8-18-17-7-5-15-13-16(22)9-11-21(15,3)19(17)10-12-20(14,18)2/h13-14,17-19H,4-12H2,1-3H3;4,13-14,17-19H,1,5-12H2,2-3H3;1,13-14,17-19H,5-12H2,2-3H3/t3*14-,17?,18?,19?,20-,21+/m111/s1. The molecule has 9 unspecified atom stereocenters. The molecule has 12 aliphatic carbocycles. The first-order chi connectivity index (χ1) is 31.5. The Labute approximate surface area is 402 Å². The maximum absolute atomic E-state index is 11.9. The minimum Gasteiger partial charge on any atom is -0.295 e. The second-order valence-electron chi connectivity index (χ2n) is 26.9. The van der Waals surface area contributed by atoms with E-state index in [-0.39, 0.29) is 0 Å². The van der Waals surface area contributed by atoms with Crippen LogP contribution < -0.4 is 0 Å². The molecule has 0 amide bonds. The summed E-state index contributed by atoms with van der Waals surface area (Å²) >= 11 is 0. The van der Waals surface area contributed by atoms with Gasteiger partial charge in [-0.25, -0.2) is 0 Å². The zero-order valence-electron chi connectivity index (χ0n) is 42.9. The summed E-state index contributed by atoms with van der Waals surface area (Å²) in [6.07, 6.45) is 45.1. The quantitative estimate of drug-likeness (QED) is 0.205. The molecule has 0 heterocycles. The monoisotopic (exact) mass is 895 g/mol. The molecule has 66 heavy (non-hydrogen) atoms. The third kappa shape index (κ3) is 7.15. The fourth-order valence-corrected chi connectivity index (χ4v) is 21.2. The number of allylic oxidation sites excluding steroid dienone is 4. The van der Waals surface area contributed by atoms with E-state index in [9.17, 15) is 14.4 Å². The Hall–Kier alpha value is -2.47. The summed E-state index contributed by atoms with van der Waals surface area (Å²) < 4.78 is 0. The molecule has 3 nitrogen and oxygen atoms in total. The van der Waals surface area contributed by atoms with E-state index in [2.05, 4.69) is 67.0 Å². The second kappa shape index (κ2) is 17.1. The molecule has 12 rings (SSSR count). The molecular weight excluding hydrogens is 805 g/mol. The molecule has 12 aliphatic rings. The number of fused-ring (bicyclic) bond motifs is 15. The van der Waals surface area contributed by atoms with Crippen LogP contribution >= 0.6 is 0 Å². The third-order valence-electron chi connectivity index (χ3n) is 25.1. The highest BCUT2D eigenvalue weighted by molar-refractivity contribution is 5.92. The Morgan fingerprint density at radius 2 is 0.894 bits per heavy atom. The first kappa shape index (κ1) is 47.2. The Bertz CT molecular complexity index is 2110. The van der Waals surface area contributed by atoms with Gasteiger partial charge in [0.1, 0.15) is 0 Å². The SMILES string of the molecule is C#C[C@@H]1CCC2C3CCC4=CC(=O)CC[C@]4(C)C3CC[C@@]21C.C=C[C@@H]1CCC2C3CCC4=CC(=O)CC[C@]4(C)C3CC[C@@]21C.CC[C@@H]1CCC2C3CCC4=CC(=O)CC[C@]4(C)C3CC[C@@]21C. The van der Waals surface area contributed by atoms with Crippen LogP contribution in [0.4, 0.5) is 0 Å². The first-order valence-corrected chi connectivity index (χ1v) is 28.3. The van der Waals surface area contributed by atoms with E-state index in [1.54, 1.807) is 0 Å². The molecule has 0 aromatic heterocycles. The van der Waals surface area contributed by atoms with Crippen molar-refractivity contribution in [3.05, 3.63) is 47.6 Å². The number of carbonyl (C=O) groups is 3. The fraction of sp³-hybridized carbons (Fsp3) is 0.794. The van der Waals surface area contributed by atoms with Gasteiger partial charge in [-0.05, 0) is 251 Å². The number of carbonyl (C=O) groups excluding carboxylic acids is 3. The summed E-state index contributed by atoms with van der Waals surface area (Å²) in [6.45, 7) is 21.6. The highest BCUT2D eigenvalue weighted by Crippen LogP contribution is 2.70. The topological polar surface area (TPSA) is 51.2 Å². The van der Waals surface area contributed by atoms with Gasteiger partial charge in [0.25, 0.3) is 0 Å². The third-order valence-corrected chi connectivity index (χ3v) is 25.1. The Morgan fingerprint density at radius 3 is 1.33 bits per heavy atom. The average Bonchev–Trinajstić information content (AvgIpc) is 3.96. The van der Waals surface area contributed by atoms with Gasteiger partial charge < -0.3 is 0 Å². The van der Waals surface area contributed by atoms with E-state index in [4.69, 9.17) is 6.42 Å². The lowest BCUT2D eigenvalue weighted by Gasteiger charge is -2.58. The zero-order valence-corrected chi connectivity index (χ0v) is 42.9. The first-order valence-electron chi connectivity index (χ1n) is 28.3. The number of rotatable bonds is 2. The lowest BCUT2D eigenvalue weighted by Crippen LogP contribution is -2.50. The van der Waals surface area contributed by atoms with Gasteiger partial charge in [-0.15, -0.1) is 18.9 Å². The molecule has 0 aromatic carbocycles. The molecule has 0 radical (unpaired) electrons. The smallest absolute Gasteiger partial charge is 0.155 e. The van der Waals surface area contributed by atoms with E-state index in [1.165, 1.54) is 132 Å². The highest BCUT2D eigenvalue weighted by atomic mass is 16.1. The lowest BCUT2D eigenvalue weighted by molar-refractivity contribution is -0.118. The van der Waals surface area contributed by atoms with Crippen molar-refractivity contribution in [2.24, 2.45) is 104 Å². The van der Waals surface area contributed by atoms with Crippen molar-refractivity contribution in [1.82, 2.24) is 0 Å². The normalized spacial score (nSPS) is 50.6. The van der Waals surface area contributed by atoms with E-state index >= 15 is 0 Å². The summed E-state index contributed by atoms with van der Waals surface area (Å²) in [5, 5.41) is 0. The maximum Gasteiger partial charge on any atom is 0.155 e. The number of hydrogen-bond donors (Lipinski definition) is 0. The van der Waals surface area contributed by atoms with E-state index in [1.807, 2.05) is 18.2 Å². The largest absolute Gasteiger partial charge is 0.295 e. The van der Waals surface area contributed by atoms with Crippen LogP contribution in [0.15, 0.2) is 47.6 Å². The van der Waals surface area contributed by atoms with Gasteiger partial charge in [0, 0.05) is 25.2 Å². The lowest BCUT2D eigenvalue weighted by atomic mass is 9.47. The van der Waals surface area contributed by atoms with Gasteiger partial charge in [-0.1, -0.05) is 77.7 Å². The predicted octanol–water partition coefficient (Wildman–Crippen LogP) is 15.6. The molecule has 0 N–H and O–H groups in total. The number of ketones is 3. The molecule has 0 bridgehead atoms. The van der Waals surface area contributed by atoms with Gasteiger partial charge >= 0.3 is 0 Å². The zero-order chi connectivity index (χ0) is 46.6. The van der Waals surface area contributed by atoms with E-state index in [0.29, 0.717) is 55.8 Å². The minimum absolute atomic E-state index is 0.298. The van der Waals surface area contributed by atoms with E-state index < -0.39 is 0 Å². The highest BCUT2D eigenvalue weighted by Gasteiger charge is 2.61. The molecule has 0 aromatic rings. The molecule has 0 aliphatic heterocycles. The van der Waals surface area contributed by atoms with Crippen molar-refractivity contribution >= 4 is 17.3 Å². The predicted molar refractivity (Wildman–Crippen MR) is 270 cm³/mol. The minimum atomic E-state index is 0.298. The van der Waals surface area contributed by atoms with Crippen LogP contribution in [0.1, 0.15) is 209 Å². The maximum atomic E-state index is 11.9. The van der Waals surface area contributed by atoms with Crippen LogP contribution in [-0.4, -0.2) is 17.3 Å². The van der Waals surface area contributed by atoms with Gasteiger partial charge in [-0.2, -0.15) is 0 Å². The Kier molecular flexibility index (Phi) is 12.3. The summed E-state index contributed by atoms with van der Waals surface area (Å²) in [5.74, 6) is 14.2. The van der Waals surface area contributed by atoms with Crippen LogP contribution in [0.3, 0.4) is 0 Å². The van der Waals surface area contributed by atoms with Crippen LogP contribution in [-0.2, 0) is 14.4 Å². The molecular formula is C63H90O3. The second-order valence-corrected chi connectivity index (χ2v) is 26.9. The van der Waals surface area contributed by atoms with Gasteiger partial charge in [-0.3, -0.25) is 14.4 Å². The van der Waals surface area contributed by atoms with Crippen molar-refractivity contribution < 1.29 is 14.4 Å². The number of hydrogen-bond acceptors (Lipinski definition) is 3. The van der Waals surface area contributed by atoms with E-state index in [0.717, 1.165) is 110 Å². The van der Waals surface area contributed by atoms with Crippen LogP contribution in [0, 0.1) is 116 Å². The summed E-state index contributed by atoms with van der Waals surface area (Å²) in [5.41, 5.74) is 6.96. The fourth-order valence-electron chi connectivity index (χ4n) is 21.2. The molecule has 3 heteroatoms. The molecule has 9 saturated carbocycles. The van der Waals surface area contributed by atoms with Crippen molar-refractivity contribution in [2.45, 2.75) is 209 Å². The van der Waals surface area contributed by atoms with Crippen LogP contribution in [0.2, 0.25) is 0 Å². The molecule has 0 spiro atoms. The van der Waals surface area contributed by atoms with Crippen molar-refractivity contribution in [3.8, 4) is 12.3 Å². The van der Waals surface area contributed by atoms with Gasteiger partial charge in [0.2, 0.25) is 0 Å². The van der Waals surface area contributed by atoms with Crippen LogP contribution in [0.25, 0.3) is 0 Å². The van der Waals surface area contributed by atoms with Crippen LogP contribution in [0.5, 0.6) is 0 Å². The van der Waals surface area contributed by atoms with Gasteiger partial charge in [0.15, 0.2) is 17.3 Å². The summed E-state index contributed by atoms with van der Waals surface area (Å²) in [4.78, 5) is 35.5. The van der Waals surface area contributed by atoms with Crippen molar-refractivity contribution in [1.29, 1.82) is 0 Å². The van der Waals surface area contributed by atoms with Crippen molar-refractivity contribution in [2.75, 3.05) is 0 Å². The molecule has 18 atom stereocenters. The molecule has 0 saturated heterocycles. The summed E-state index contributed by atoms with van der Waals surface area (Å²) in [6, 6.07) is 0. The molecule has 360 valence electrons. The summed E-state index contributed by atoms with van der Waals surface area (Å²) in [7, 11) is 0. The Balaban J connectivity index is 0.000000116. The van der Waals surface area contributed by atoms with Gasteiger partial charge in [0.05, 0.1) is 0 Å². The van der Waals surface area contributed by atoms with Crippen molar-refractivity contribution in [3.63, 3.8) is 0 Å².